The van der Waals surface area contributed by atoms with Crippen molar-refractivity contribution in [2.24, 2.45) is 0 Å². The third-order valence-corrected chi connectivity index (χ3v) is 4.63. The van der Waals surface area contributed by atoms with Crippen LogP contribution < -0.4 is 0 Å². The highest BCUT2D eigenvalue weighted by molar-refractivity contribution is 9.10. The largest absolute Gasteiger partial charge is 0.298 e. The third-order valence-electron chi connectivity index (χ3n) is 1.90. The molecule has 0 saturated heterocycles. The maximum Gasteiger partial charge on any atom is 0.154 e. The van der Waals surface area contributed by atoms with Gasteiger partial charge in [0.1, 0.15) is 0 Å². The molecule has 0 saturated carbocycles. The second kappa shape index (κ2) is 5.12. The molecule has 0 unspecified atom stereocenters. The number of hydrogen-bond donors (Lipinski definition) is 0. The molecule has 1 heterocycles. The van der Waals surface area contributed by atoms with Gasteiger partial charge in [0.05, 0.1) is 0 Å². The fraction of sp³-hybridized carbons (Fsp3) is 0.0909. The van der Waals surface area contributed by atoms with Crippen LogP contribution in [0.25, 0.3) is 0 Å². The van der Waals surface area contributed by atoms with Crippen molar-refractivity contribution >= 4 is 45.3 Å². The number of carbonyl (C=O) groups is 1. The first-order valence-electron chi connectivity index (χ1n) is 4.54. The zero-order valence-electron chi connectivity index (χ0n) is 8.44. The van der Waals surface area contributed by atoms with Gasteiger partial charge in [-0.1, -0.05) is 27.7 Å². The molecule has 0 atom stereocenters. The summed E-state index contributed by atoms with van der Waals surface area (Å²) in [5.74, 6) is 0. The summed E-state index contributed by atoms with van der Waals surface area (Å²) in [5.41, 5.74) is 1.70. The van der Waals surface area contributed by atoms with Gasteiger partial charge in [-0.15, -0.1) is 11.3 Å². The minimum atomic E-state index is 0.666. The number of hydrogen-bond acceptors (Lipinski definition) is 4. The molecule has 0 aliphatic heterocycles. The van der Waals surface area contributed by atoms with Crippen molar-refractivity contribution in [3.63, 3.8) is 0 Å². The quantitative estimate of drug-likeness (QED) is 0.796. The second-order valence-electron chi connectivity index (χ2n) is 3.16. The van der Waals surface area contributed by atoms with E-state index < -0.39 is 0 Å². The molecule has 0 aliphatic rings. The molecule has 0 N–H and O–H groups in total. The number of nitrogens with zero attached hydrogens (tertiary/aromatic N) is 1. The zero-order chi connectivity index (χ0) is 11.5. The van der Waals surface area contributed by atoms with Crippen LogP contribution in [0.3, 0.4) is 0 Å². The predicted molar refractivity (Wildman–Crippen MR) is 70.5 cm³/mol. The number of thiazole rings is 1. The first-order chi connectivity index (χ1) is 7.69. The molecule has 0 aliphatic carbocycles. The van der Waals surface area contributed by atoms with Gasteiger partial charge in [-0.3, -0.25) is 4.79 Å². The van der Waals surface area contributed by atoms with E-state index in [-0.39, 0.29) is 0 Å². The standard InChI is InChI=1S/C11H8BrNOS2/c1-7-6-15-11(13-7)16-9-3-2-8(5-14)10(12)4-9/h2-6H,1H3. The second-order valence-corrected chi connectivity index (χ2v) is 6.19. The molecule has 2 aromatic rings. The summed E-state index contributed by atoms with van der Waals surface area (Å²) in [7, 11) is 0. The van der Waals surface area contributed by atoms with Gasteiger partial charge in [0, 0.05) is 26.0 Å². The van der Waals surface area contributed by atoms with Gasteiger partial charge >= 0.3 is 0 Å². The maximum absolute atomic E-state index is 10.7. The van der Waals surface area contributed by atoms with Crippen molar-refractivity contribution in [1.82, 2.24) is 4.98 Å². The van der Waals surface area contributed by atoms with Crippen LogP contribution in [0.2, 0.25) is 0 Å². The van der Waals surface area contributed by atoms with E-state index in [0.29, 0.717) is 5.56 Å². The minimum absolute atomic E-state index is 0.666. The Morgan fingerprint density at radius 3 is 2.88 bits per heavy atom. The van der Waals surface area contributed by atoms with Crippen LogP contribution in [-0.2, 0) is 0 Å². The van der Waals surface area contributed by atoms with E-state index in [1.807, 2.05) is 24.4 Å². The zero-order valence-corrected chi connectivity index (χ0v) is 11.7. The smallest absolute Gasteiger partial charge is 0.154 e. The summed E-state index contributed by atoms with van der Waals surface area (Å²) < 4.78 is 1.84. The Labute approximate surface area is 110 Å². The Morgan fingerprint density at radius 1 is 1.50 bits per heavy atom. The molecule has 2 rings (SSSR count). The summed E-state index contributed by atoms with van der Waals surface area (Å²) in [6, 6.07) is 5.67. The number of rotatable bonds is 3. The van der Waals surface area contributed by atoms with Crippen molar-refractivity contribution in [3.8, 4) is 0 Å². The topological polar surface area (TPSA) is 30.0 Å². The Hall–Kier alpha value is -0.650. The lowest BCUT2D eigenvalue weighted by molar-refractivity contribution is 0.112. The lowest BCUT2D eigenvalue weighted by atomic mass is 10.2. The van der Waals surface area contributed by atoms with Crippen LogP contribution in [0.5, 0.6) is 0 Å². The number of aromatic nitrogens is 1. The van der Waals surface area contributed by atoms with Gasteiger partial charge < -0.3 is 0 Å². The Kier molecular flexibility index (Phi) is 3.78. The number of aldehydes is 1. The SMILES string of the molecule is Cc1csc(Sc2ccc(C=O)c(Br)c2)n1. The lowest BCUT2D eigenvalue weighted by Gasteiger charge is -2.00. The fourth-order valence-electron chi connectivity index (χ4n) is 1.15. The molecule has 0 amide bonds. The van der Waals surface area contributed by atoms with Gasteiger partial charge in [-0.25, -0.2) is 4.98 Å². The van der Waals surface area contributed by atoms with Crippen molar-refractivity contribution in [1.29, 1.82) is 0 Å². The molecular weight excluding hydrogens is 306 g/mol. The van der Waals surface area contributed by atoms with E-state index >= 15 is 0 Å². The molecule has 16 heavy (non-hydrogen) atoms. The predicted octanol–water partition coefficient (Wildman–Crippen LogP) is 4.18. The lowest BCUT2D eigenvalue weighted by Crippen LogP contribution is -1.82. The van der Waals surface area contributed by atoms with Crippen LogP contribution in [0.15, 0.2) is 37.3 Å². The summed E-state index contributed by atoms with van der Waals surface area (Å²) in [4.78, 5) is 16.1. The normalized spacial score (nSPS) is 10.4. The molecule has 0 fully saturated rings. The van der Waals surface area contributed by atoms with Gasteiger partial charge in [0.2, 0.25) is 0 Å². The molecule has 0 spiro atoms. The Balaban J connectivity index is 2.22. The first kappa shape index (κ1) is 11.8. The van der Waals surface area contributed by atoms with E-state index in [9.17, 15) is 4.79 Å². The molecule has 5 heteroatoms. The van der Waals surface area contributed by atoms with E-state index in [4.69, 9.17) is 0 Å². The van der Waals surface area contributed by atoms with Crippen LogP contribution >= 0.6 is 39.0 Å². The number of benzene rings is 1. The van der Waals surface area contributed by atoms with Crippen molar-refractivity contribution in [2.75, 3.05) is 0 Å². The maximum atomic E-state index is 10.7. The van der Waals surface area contributed by atoms with Crippen molar-refractivity contribution in [3.05, 3.63) is 39.3 Å². The molecular formula is C11H8BrNOS2. The Morgan fingerprint density at radius 2 is 2.31 bits per heavy atom. The molecule has 2 nitrogen and oxygen atoms in total. The Bertz CT molecular complexity index is 524. The highest BCUT2D eigenvalue weighted by Gasteiger charge is 2.04. The van der Waals surface area contributed by atoms with E-state index in [0.717, 1.165) is 25.7 Å². The van der Waals surface area contributed by atoms with Gasteiger partial charge in [-0.05, 0) is 25.1 Å². The van der Waals surface area contributed by atoms with Gasteiger partial charge in [0.15, 0.2) is 10.6 Å². The van der Waals surface area contributed by atoms with Crippen LogP contribution in [0.4, 0.5) is 0 Å². The van der Waals surface area contributed by atoms with Gasteiger partial charge in [0.25, 0.3) is 0 Å². The highest BCUT2D eigenvalue weighted by Crippen LogP contribution is 2.32. The summed E-state index contributed by atoms with van der Waals surface area (Å²) >= 11 is 6.59. The van der Waals surface area contributed by atoms with Crippen molar-refractivity contribution < 1.29 is 4.79 Å². The molecule has 82 valence electrons. The molecule has 0 bridgehead atoms. The fourth-order valence-corrected chi connectivity index (χ4v) is 3.62. The highest BCUT2D eigenvalue weighted by atomic mass is 79.9. The number of halogens is 1. The minimum Gasteiger partial charge on any atom is -0.298 e. The third kappa shape index (κ3) is 2.72. The molecule has 1 aromatic heterocycles. The van der Waals surface area contributed by atoms with Gasteiger partial charge in [-0.2, -0.15) is 0 Å². The van der Waals surface area contributed by atoms with Crippen LogP contribution in [0, 0.1) is 6.92 Å². The number of carbonyl (C=O) groups excluding carboxylic acids is 1. The summed E-state index contributed by atoms with van der Waals surface area (Å²) in [6.07, 6.45) is 0.839. The average Bonchev–Trinajstić information content (AvgIpc) is 2.64. The monoisotopic (exact) mass is 313 g/mol. The molecule has 1 aromatic carbocycles. The van der Waals surface area contributed by atoms with E-state index in [1.165, 1.54) is 0 Å². The first-order valence-corrected chi connectivity index (χ1v) is 7.02. The average molecular weight is 314 g/mol. The van der Waals surface area contributed by atoms with E-state index in [2.05, 4.69) is 20.9 Å². The van der Waals surface area contributed by atoms with E-state index in [1.54, 1.807) is 29.2 Å². The van der Waals surface area contributed by atoms with Crippen molar-refractivity contribution in [2.45, 2.75) is 16.2 Å². The summed E-state index contributed by atoms with van der Waals surface area (Å²) in [6.45, 7) is 1.98. The van der Waals surface area contributed by atoms with Crippen LogP contribution in [-0.4, -0.2) is 11.3 Å². The summed E-state index contributed by atoms with van der Waals surface area (Å²) in [5, 5.41) is 2.02. The number of aryl methyl sites for hydroxylation is 1. The molecule has 0 radical (unpaired) electrons. The van der Waals surface area contributed by atoms with Crippen LogP contribution in [0.1, 0.15) is 16.1 Å².